The van der Waals surface area contributed by atoms with Gasteiger partial charge in [0.2, 0.25) is 0 Å². The van der Waals surface area contributed by atoms with Gasteiger partial charge in [0.25, 0.3) is 5.91 Å². The van der Waals surface area contributed by atoms with Crippen LogP contribution in [0.2, 0.25) is 5.02 Å². The van der Waals surface area contributed by atoms with Crippen LogP contribution in [0.4, 0.5) is 0 Å². The second-order valence-corrected chi connectivity index (χ2v) is 6.70. The van der Waals surface area contributed by atoms with E-state index in [-0.39, 0.29) is 5.91 Å². The Morgan fingerprint density at radius 2 is 2.04 bits per heavy atom. The van der Waals surface area contributed by atoms with E-state index in [4.69, 9.17) is 16.9 Å². The number of carbonyl (C=O) groups excluding carboxylic acids is 1. The third-order valence-corrected chi connectivity index (χ3v) is 4.82. The summed E-state index contributed by atoms with van der Waals surface area (Å²) in [5.41, 5.74) is 5.88. The van der Waals surface area contributed by atoms with E-state index in [1.54, 1.807) is 25.2 Å². The summed E-state index contributed by atoms with van der Waals surface area (Å²) in [6.07, 6.45) is 0. The molecule has 0 aliphatic heterocycles. The highest BCUT2D eigenvalue weighted by molar-refractivity contribution is 6.32. The van der Waals surface area contributed by atoms with Crippen LogP contribution in [0.15, 0.2) is 42.5 Å². The molecule has 27 heavy (non-hydrogen) atoms. The monoisotopic (exact) mass is 378 g/mol. The smallest absolute Gasteiger partial charge is 0.251 e. The highest BCUT2D eigenvalue weighted by Crippen LogP contribution is 2.30. The Morgan fingerprint density at radius 1 is 1.26 bits per heavy atom. The third kappa shape index (κ3) is 3.71. The Kier molecular flexibility index (Phi) is 5.29. The fourth-order valence-corrected chi connectivity index (χ4v) is 3.38. The Bertz CT molecular complexity index is 1060. The number of benzene rings is 2. The highest BCUT2D eigenvalue weighted by Gasteiger charge is 2.15. The summed E-state index contributed by atoms with van der Waals surface area (Å²) in [6.45, 7) is 4.51. The average molecular weight is 379 g/mol. The predicted molar refractivity (Wildman–Crippen MR) is 106 cm³/mol. The summed E-state index contributed by atoms with van der Waals surface area (Å²) < 4.78 is 1.92. The quantitative estimate of drug-likeness (QED) is 0.742. The normalized spacial score (nSPS) is 10.5. The van der Waals surface area contributed by atoms with Crippen LogP contribution in [0.1, 0.15) is 32.9 Å². The fourth-order valence-electron chi connectivity index (χ4n) is 3.16. The number of nitriles is 1. The molecule has 0 unspecified atom stereocenters. The van der Waals surface area contributed by atoms with Crippen molar-refractivity contribution in [3.8, 4) is 17.2 Å². The number of halogens is 1. The Morgan fingerprint density at radius 3 is 2.70 bits per heavy atom. The molecule has 0 aliphatic rings. The van der Waals surface area contributed by atoms with E-state index in [1.807, 2.05) is 42.8 Å². The molecule has 0 fully saturated rings. The summed E-state index contributed by atoms with van der Waals surface area (Å²) in [4.78, 5) is 11.8. The number of hydrogen-bond donors (Lipinski definition) is 1. The molecule has 0 saturated heterocycles. The minimum absolute atomic E-state index is 0.113. The van der Waals surface area contributed by atoms with Crippen LogP contribution >= 0.6 is 11.6 Å². The summed E-state index contributed by atoms with van der Waals surface area (Å²) in [7, 11) is 1.62. The molecule has 1 aromatic heterocycles. The van der Waals surface area contributed by atoms with Gasteiger partial charge in [-0.05, 0) is 49.2 Å². The van der Waals surface area contributed by atoms with Gasteiger partial charge in [-0.25, -0.2) is 0 Å². The lowest BCUT2D eigenvalue weighted by molar-refractivity contribution is 0.0963. The standard InChI is InChI=1S/C21H19ClN4O/c1-13-20(16-7-8-18(11-23)19(22)10-16)14(2)26(25-13)12-15-5-4-6-17(9-15)21(27)24-3/h4-10H,12H2,1-3H3,(H,24,27). The molecule has 3 aromatic rings. The first-order chi connectivity index (χ1) is 12.9. The maximum absolute atomic E-state index is 11.8. The first-order valence-electron chi connectivity index (χ1n) is 8.49. The topological polar surface area (TPSA) is 70.7 Å². The molecular weight excluding hydrogens is 360 g/mol. The molecule has 136 valence electrons. The molecule has 0 atom stereocenters. The molecule has 0 aliphatic carbocycles. The molecule has 5 nitrogen and oxygen atoms in total. The minimum atomic E-state index is -0.113. The predicted octanol–water partition coefficient (Wildman–Crippen LogP) is 4.10. The van der Waals surface area contributed by atoms with Gasteiger partial charge in [0, 0.05) is 23.9 Å². The lowest BCUT2D eigenvalue weighted by Crippen LogP contribution is -2.18. The first kappa shape index (κ1) is 18.7. The van der Waals surface area contributed by atoms with Crippen LogP contribution in [-0.2, 0) is 6.54 Å². The van der Waals surface area contributed by atoms with Crippen LogP contribution < -0.4 is 5.32 Å². The summed E-state index contributed by atoms with van der Waals surface area (Å²) in [5.74, 6) is -0.113. The number of nitrogens with zero attached hydrogens (tertiary/aromatic N) is 3. The Labute approximate surface area is 163 Å². The number of carbonyl (C=O) groups is 1. The van der Waals surface area contributed by atoms with Crippen molar-refractivity contribution in [3.63, 3.8) is 0 Å². The van der Waals surface area contributed by atoms with Crippen LogP contribution in [0, 0.1) is 25.2 Å². The number of nitrogens with one attached hydrogen (secondary N) is 1. The van der Waals surface area contributed by atoms with E-state index in [9.17, 15) is 4.79 Å². The lowest BCUT2D eigenvalue weighted by Gasteiger charge is -2.08. The first-order valence-corrected chi connectivity index (χ1v) is 8.87. The minimum Gasteiger partial charge on any atom is -0.355 e. The molecule has 1 N–H and O–H groups in total. The second-order valence-electron chi connectivity index (χ2n) is 6.29. The molecule has 6 heteroatoms. The number of amides is 1. The molecule has 0 saturated carbocycles. The van der Waals surface area contributed by atoms with Crippen molar-refractivity contribution in [1.29, 1.82) is 5.26 Å². The van der Waals surface area contributed by atoms with Crippen LogP contribution in [-0.4, -0.2) is 22.7 Å². The largest absolute Gasteiger partial charge is 0.355 e. The fraction of sp³-hybridized carbons (Fsp3) is 0.190. The molecule has 0 spiro atoms. The average Bonchev–Trinajstić information content (AvgIpc) is 2.94. The van der Waals surface area contributed by atoms with Crippen molar-refractivity contribution in [2.75, 3.05) is 7.05 Å². The van der Waals surface area contributed by atoms with E-state index in [0.29, 0.717) is 22.7 Å². The second kappa shape index (κ2) is 7.65. The van der Waals surface area contributed by atoms with E-state index >= 15 is 0 Å². The van der Waals surface area contributed by atoms with Crippen molar-refractivity contribution in [1.82, 2.24) is 15.1 Å². The van der Waals surface area contributed by atoms with Gasteiger partial charge in [-0.2, -0.15) is 10.4 Å². The van der Waals surface area contributed by atoms with Gasteiger partial charge in [0.1, 0.15) is 6.07 Å². The number of aryl methyl sites for hydroxylation is 1. The third-order valence-electron chi connectivity index (χ3n) is 4.51. The van der Waals surface area contributed by atoms with Gasteiger partial charge in [0.15, 0.2) is 0 Å². The van der Waals surface area contributed by atoms with Crippen molar-refractivity contribution < 1.29 is 4.79 Å². The molecule has 3 rings (SSSR count). The zero-order chi connectivity index (χ0) is 19.6. The van der Waals surface area contributed by atoms with Crippen molar-refractivity contribution in [2.45, 2.75) is 20.4 Å². The zero-order valence-corrected chi connectivity index (χ0v) is 16.1. The maximum atomic E-state index is 11.8. The Hall–Kier alpha value is -3.10. The van der Waals surface area contributed by atoms with Gasteiger partial charge in [-0.15, -0.1) is 0 Å². The molecule has 1 amide bonds. The molecule has 1 heterocycles. The summed E-state index contributed by atoms with van der Waals surface area (Å²) in [6, 6.07) is 15.0. The van der Waals surface area contributed by atoms with E-state index in [0.717, 1.165) is 28.1 Å². The number of hydrogen-bond acceptors (Lipinski definition) is 3. The Balaban J connectivity index is 1.96. The van der Waals surface area contributed by atoms with Gasteiger partial charge < -0.3 is 5.32 Å². The number of rotatable bonds is 4. The molecule has 2 aromatic carbocycles. The lowest BCUT2D eigenvalue weighted by atomic mass is 10.0. The molecular formula is C21H19ClN4O. The summed E-state index contributed by atoms with van der Waals surface area (Å²) in [5, 5.41) is 16.8. The van der Waals surface area contributed by atoms with Crippen LogP contribution in [0.5, 0.6) is 0 Å². The number of aromatic nitrogens is 2. The summed E-state index contributed by atoms with van der Waals surface area (Å²) >= 11 is 6.19. The van der Waals surface area contributed by atoms with Gasteiger partial charge in [0.05, 0.1) is 22.8 Å². The molecule has 0 bridgehead atoms. The van der Waals surface area contributed by atoms with Gasteiger partial charge in [-0.1, -0.05) is 29.8 Å². The van der Waals surface area contributed by atoms with E-state index in [2.05, 4.69) is 16.5 Å². The van der Waals surface area contributed by atoms with E-state index < -0.39 is 0 Å². The van der Waals surface area contributed by atoms with Crippen molar-refractivity contribution in [3.05, 3.63) is 75.6 Å². The zero-order valence-electron chi connectivity index (χ0n) is 15.4. The van der Waals surface area contributed by atoms with Gasteiger partial charge >= 0.3 is 0 Å². The van der Waals surface area contributed by atoms with Crippen molar-refractivity contribution >= 4 is 17.5 Å². The van der Waals surface area contributed by atoms with Crippen LogP contribution in [0.25, 0.3) is 11.1 Å². The van der Waals surface area contributed by atoms with Crippen LogP contribution in [0.3, 0.4) is 0 Å². The SMILES string of the molecule is CNC(=O)c1cccc(Cn2nc(C)c(-c3ccc(C#N)c(Cl)c3)c2C)c1. The molecule has 0 radical (unpaired) electrons. The van der Waals surface area contributed by atoms with Crippen molar-refractivity contribution in [2.24, 2.45) is 0 Å². The van der Waals surface area contributed by atoms with Gasteiger partial charge in [-0.3, -0.25) is 9.48 Å². The van der Waals surface area contributed by atoms with E-state index in [1.165, 1.54) is 0 Å². The highest BCUT2D eigenvalue weighted by atomic mass is 35.5. The maximum Gasteiger partial charge on any atom is 0.251 e.